The van der Waals surface area contributed by atoms with Crippen LogP contribution >= 0.6 is 46.4 Å². The predicted molar refractivity (Wildman–Crippen MR) is 133 cm³/mol. The van der Waals surface area contributed by atoms with Gasteiger partial charge in [0.05, 0.1) is 27.6 Å². The smallest absolute Gasteiger partial charge is 0.257 e. The highest BCUT2D eigenvalue weighted by molar-refractivity contribution is 6.35. The van der Waals surface area contributed by atoms with Gasteiger partial charge in [-0.2, -0.15) is 0 Å². The third-order valence-electron chi connectivity index (χ3n) is 5.03. The van der Waals surface area contributed by atoms with Gasteiger partial charge in [-0.15, -0.1) is 11.6 Å². The van der Waals surface area contributed by atoms with E-state index in [1.807, 2.05) is 0 Å². The minimum absolute atomic E-state index is 0.0288. The molecule has 2 aromatic carbocycles. The monoisotopic (exact) mass is 544 g/mol. The molecule has 1 aliphatic rings. The maximum atomic E-state index is 14.0. The van der Waals surface area contributed by atoms with E-state index in [2.05, 4.69) is 17.2 Å². The van der Waals surface area contributed by atoms with Crippen LogP contribution in [0.5, 0.6) is 0 Å². The van der Waals surface area contributed by atoms with Gasteiger partial charge in [0.1, 0.15) is 12.5 Å². The molecule has 2 aromatic rings. The predicted octanol–water partition coefficient (Wildman–Crippen LogP) is 7.23. The van der Waals surface area contributed by atoms with Gasteiger partial charge in [0.25, 0.3) is 5.91 Å². The number of alkyl halides is 2. The van der Waals surface area contributed by atoms with Crippen molar-refractivity contribution in [1.82, 2.24) is 5.32 Å². The Bertz CT molecular complexity index is 1180. The van der Waals surface area contributed by atoms with Crippen LogP contribution in [0.1, 0.15) is 21.8 Å². The van der Waals surface area contributed by atoms with E-state index in [9.17, 15) is 18.4 Å². The molecule has 2 unspecified atom stereocenters. The minimum Gasteiger partial charge on any atom is -0.326 e. The number of nitrogens with one attached hydrogen (secondary N) is 2. The number of carbonyl (C=O) groups excluding carboxylic acids is 2. The summed E-state index contributed by atoms with van der Waals surface area (Å²) < 4.78 is 26.5. The fourth-order valence-electron chi connectivity index (χ4n) is 3.41. The fourth-order valence-corrected chi connectivity index (χ4v) is 4.64. The first-order valence-electron chi connectivity index (χ1n) is 9.92. The second-order valence-electron chi connectivity index (χ2n) is 7.36. The van der Waals surface area contributed by atoms with Crippen LogP contribution < -0.4 is 10.6 Å². The van der Waals surface area contributed by atoms with E-state index in [1.165, 1.54) is 30.4 Å². The van der Waals surface area contributed by atoms with Crippen molar-refractivity contribution >= 4 is 63.9 Å². The molecular weight excluding hydrogens is 528 g/mol. The van der Waals surface area contributed by atoms with Crippen molar-refractivity contribution in [3.8, 4) is 0 Å². The lowest BCUT2D eigenvalue weighted by molar-refractivity contribution is -0.117. The first-order chi connectivity index (χ1) is 16.2. The number of halogens is 6. The van der Waals surface area contributed by atoms with Gasteiger partial charge in [0.15, 0.2) is 0 Å². The Morgan fingerprint density at radius 3 is 2.38 bits per heavy atom. The second-order valence-corrected chi connectivity index (χ2v) is 9.14. The van der Waals surface area contributed by atoms with Gasteiger partial charge < -0.3 is 10.6 Å². The highest BCUT2D eigenvalue weighted by Crippen LogP contribution is 2.53. The van der Waals surface area contributed by atoms with Crippen LogP contribution in [0, 0.1) is 5.92 Å². The van der Waals surface area contributed by atoms with Crippen molar-refractivity contribution in [1.29, 1.82) is 0 Å². The zero-order valence-corrected chi connectivity index (χ0v) is 20.5. The summed E-state index contributed by atoms with van der Waals surface area (Å²) in [5.41, 5.74) is 0.721. The van der Waals surface area contributed by atoms with Crippen LogP contribution in [0.2, 0.25) is 15.1 Å². The number of benzene rings is 2. The first-order valence-corrected chi connectivity index (χ1v) is 11.5. The first kappa shape index (κ1) is 26.2. The Hall–Kier alpha value is -2.38. The Kier molecular flexibility index (Phi) is 8.77. The molecule has 10 heteroatoms. The van der Waals surface area contributed by atoms with Crippen LogP contribution in [0.25, 0.3) is 0 Å². The summed E-state index contributed by atoms with van der Waals surface area (Å²) in [4.78, 5) is 25.5. The average Bonchev–Trinajstić information content (AvgIpc) is 3.45. The summed E-state index contributed by atoms with van der Waals surface area (Å²) in [7, 11) is 0. The molecule has 2 N–H and O–H groups in total. The molecule has 0 spiro atoms. The van der Waals surface area contributed by atoms with Crippen LogP contribution in [0.4, 0.5) is 14.5 Å². The molecule has 0 heterocycles. The fraction of sp³-hybridized carbons (Fsp3) is 0.167. The maximum Gasteiger partial charge on any atom is 0.257 e. The van der Waals surface area contributed by atoms with Gasteiger partial charge in [0.2, 0.25) is 5.91 Å². The molecule has 0 radical (unpaired) electrons. The van der Waals surface area contributed by atoms with Crippen LogP contribution in [0.15, 0.2) is 72.7 Å². The summed E-state index contributed by atoms with van der Waals surface area (Å²) in [5.74, 6) is -2.90. The summed E-state index contributed by atoms with van der Waals surface area (Å²) in [5, 5.41) is 5.52. The van der Waals surface area contributed by atoms with Crippen LogP contribution in [-0.4, -0.2) is 23.9 Å². The van der Waals surface area contributed by atoms with E-state index in [-0.39, 0.29) is 33.8 Å². The van der Waals surface area contributed by atoms with Crippen molar-refractivity contribution in [2.45, 2.75) is 11.3 Å². The van der Waals surface area contributed by atoms with Gasteiger partial charge in [-0.05, 0) is 54.1 Å². The number of amides is 2. The van der Waals surface area contributed by atoms with Gasteiger partial charge in [-0.3, -0.25) is 9.59 Å². The van der Waals surface area contributed by atoms with Gasteiger partial charge in [-0.1, -0.05) is 47.5 Å². The summed E-state index contributed by atoms with van der Waals surface area (Å²) in [6.45, 7) is 2.39. The Morgan fingerprint density at radius 2 is 1.76 bits per heavy atom. The number of allylic oxidation sites excluding steroid dienone is 4. The lowest BCUT2D eigenvalue weighted by atomic mass is 10.1. The highest BCUT2D eigenvalue weighted by Gasteiger charge is 2.54. The number of anilines is 1. The van der Waals surface area contributed by atoms with E-state index in [0.29, 0.717) is 16.1 Å². The van der Waals surface area contributed by atoms with E-state index in [0.717, 1.165) is 5.56 Å². The molecule has 0 aliphatic heterocycles. The lowest BCUT2D eigenvalue weighted by Gasteiger charge is -2.11. The standard InChI is InChI=1S/C24H18Cl4F2N2O2/c1-2-3-19(18(30)6-7-29)32-23(33)16-11-15(4-5-17(16)27)31-24(34)21-20(22(21)28)12-8-13(25)10-14(26)9-12/h2-6,8-11,20-22H,1,7H2,(H,31,34)(H,32,33)/b18-6+,19-3+/t20?,21?,22-/m1/s1. The molecule has 178 valence electrons. The molecule has 0 bridgehead atoms. The summed E-state index contributed by atoms with van der Waals surface area (Å²) in [6, 6.07) is 9.26. The third-order valence-corrected chi connectivity index (χ3v) is 6.34. The molecule has 0 aromatic heterocycles. The average molecular weight is 546 g/mol. The second kappa shape index (κ2) is 11.4. The SMILES string of the molecule is C=C/C=C(NC(=O)c1cc(NC(=O)C2C(c3cc(Cl)cc(Cl)c3)[C@H]2Cl)ccc1Cl)\C(F)=C/CF. The van der Waals surface area contributed by atoms with Crippen LogP contribution in [-0.2, 0) is 4.79 Å². The lowest BCUT2D eigenvalue weighted by Crippen LogP contribution is -2.24. The van der Waals surface area contributed by atoms with Crippen molar-refractivity contribution < 1.29 is 18.4 Å². The number of hydrogen-bond donors (Lipinski definition) is 2. The quantitative estimate of drug-likeness (QED) is 0.271. The number of hydrogen-bond acceptors (Lipinski definition) is 2. The Morgan fingerprint density at radius 1 is 1.09 bits per heavy atom. The van der Waals surface area contributed by atoms with Crippen LogP contribution in [0.3, 0.4) is 0 Å². The molecular formula is C24H18Cl4F2N2O2. The van der Waals surface area contributed by atoms with E-state index in [4.69, 9.17) is 46.4 Å². The molecule has 4 nitrogen and oxygen atoms in total. The number of carbonyl (C=O) groups is 2. The van der Waals surface area contributed by atoms with Crippen molar-refractivity contribution in [3.63, 3.8) is 0 Å². The molecule has 34 heavy (non-hydrogen) atoms. The molecule has 3 atom stereocenters. The zero-order chi connectivity index (χ0) is 25.0. The van der Waals surface area contributed by atoms with Gasteiger partial charge >= 0.3 is 0 Å². The molecule has 0 saturated heterocycles. The van der Waals surface area contributed by atoms with Crippen molar-refractivity contribution in [2.24, 2.45) is 5.92 Å². The summed E-state index contributed by atoms with van der Waals surface area (Å²) in [6.07, 6.45) is 3.08. The Labute approximate surface area is 215 Å². The normalized spacial score (nSPS) is 20.0. The minimum atomic E-state index is -1.05. The molecule has 1 fully saturated rings. The third kappa shape index (κ3) is 6.19. The topological polar surface area (TPSA) is 58.2 Å². The molecule has 2 amide bonds. The van der Waals surface area contributed by atoms with E-state index < -0.39 is 29.7 Å². The molecule has 3 rings (SSSR count). The Balaban J connectivity index is 1.75. The van der Waals surface area contributed by atoms with Gasteiger partial charge in [-0.25, -0.2) is 8.78 Å². The summed E-state index contributed by atoms with van der Waals surface area (Å²) >= 11 is 24.6. The molecule has 1 aliphatic carbocycles. The zero-order valence-electron chi connectivity index (χ0n) is 17.4. The van der Waals surface area contributed by atoms with Crippen molar-refractivity contribution in [3.05, 3.63) is 98.9 Å². The van der Waals surface area contributed by atoms with Crippen molar-refractivity contribution in [2.75, 3.05) is 12.0 Å². The van der Waals surface area contributed by atoms with Gasteiger partial charge in [0, 0.05) is 21.7 Å². The molecule has 1 saturated carbocycles. The maximum absolute atomic E-state index is 14.0. The van der Waals surface area contributed by atoms with E-state index in [1.54, 1.807) is 18.2 Å². The largest absolute Gasteiger partial charge is 0.326 e. The highest BCUT2D eigenvalue weighted by atomic mass is 35.5. The number of rotatable bonds is 8. The van der Waals surface area contributed by atoms with E-state index >= 15 is 0 Å².